The average Bonchev–Trinajstić information content (AvgIpc) is 2.03. The van der Waals surface area contributed by atoms with E-state index in [0.717, 1.165) is 0 Å². The number of hydrogen-bond donors (Lipinski definition) is 2. The Morgan fingerprint density at radius 3 is 2.00 bits per heavy atom. The van der Waals surface area contributed by atoms with E-state index < -0.39 is 23.3 Å². The van der Waals surface area contributed by atoms with Crippen molar-refractivity contribution in [3.05, 3.63) is 12.2 Å². The van der Waals surface area contributed by atoms with E-state index in [2.05, 4.69) is 0 Å². The first-order valence-electron chi connectivity index (χ1n) is 4.48. The third kappa shape index (κ3) is 2.58. The molecule has 0 aliphatic rings. The van der Waals surface area contributed by atoms with E-state index >= 15 is 0 Å². The molecule has 80 valence electrons. The molecule has 1 unspecified atom stereocenters. The Hall–Kier alpha value is -1.32. The van der Waals surface area contributed by atoms with Crippen LogP contribution in [0.15, 0.2) is 12.2 Å². The van der Waals surface area contributed by atoms with E-state index in [0.29, 0.717) is 6.42 Å². The van der Waals surface area contributed by atoms with Crippen molar-refractivity contribution in [3.8, 4) is 0 Å². The van der Waals surface area contributed by atoms with Crippen LogP contribution in [0.5, 0.6) is 0 Å². The Morgan fingerprint density at radius 1 is 1.36 bits per heavy atom. The van der Waals surface area contributed by atoms with Crippen LogP contribution in [-0.4, -0.2) is 22.2 Å². The summed E-state index contributed by atoms with van der Waals surface area (Å²) in [5, 5.41) is 17.6. The quantitative estimate of drug-likeness (QED) is 0.524. The van der Waals surface area contributed by atoms with E-state index in [9.17, 15) is 9.59 Å². The average molecular weight is 200 g/mol. The molecule has 0 amide bonds. The van der Waals surface area contributed by atoms with Gasteiger partial charge in [-0.25, -0.2) is 0 Å². The molecule has 0 saturated heterocycles. The minimum absolute atomic E-state index is 0.473. The molecule has 0 saturated carbocycles. The maximum absolute atomic E-state index is 10.8. The van der Waals surface area contributed by atoms with Gasteiger partial charge in [0.15, 0.2) is 5.92 Å². The molecular weight excluding hydrogens is 184 g/mol. The van der Waals surface area contributed by atoms with Gasteiger partial charge in [0.1, 0.15) is 0 Å². The number of carboxylic acid groups (broad SMARTS) is 2. The lowest BCUT2D eigenvalue weighted by molar-refractivity contribution is -0.159. The second-order valence-electron chi connectivity index (χ2n) is 3.47. The van der Waals surface area contributed by atoms with Crippen molar-refractivity contribution in [2.45, 2.75) is 27.2 Å². The van der Waals surface area contributed by atoms with Crippen molar-refractivity contribution in [1.82, 2.24) is 0 Å². The first-order valence-corrected chi connectivity index (χ1v) is 4.48. The van der Waals surface area contributed by atoms with Gasteiger partial charge >= 0.3 is 11.9 Å². The predicted molar refractivity (Wildman–Crippen MR) is 52.0 cm³/mol. The molecule has 0 aliphatic heterocycles. The summed E-state index contributed by atoms with van der Waals surface area (Å²) in [5.41, 5.74) is -0.827. The van der Waals surface area contributed by atoms with Gasteiger partial charge in [0.25, 0.3) is 0 Å². The maximum atomic E-state index is 10.8. The van der Waals surface area contributed by atoms with Gasteiger partial charge in [-0.3, -0.25) is 9.59 Å². The zero-order valence-corrected chi connectivity index (χ0v) is 8.65. The number of rotatable bonds is 5. The lowest BCUT2D eigenvalue weighted by atomic mass is 9.74. The molecule has 4 heteroatoms. The molecule has 1 atom stereocenters. The normalized spacial score (nSPS) is 15.7. The molecule has 4 nitrogen and oxygen atoms in total. The van der Waals surface area contributed by atoms with Crippen LogP contribution in [0, 0.1) is 11.3 Å². The van der Waals surface area contributed by atoms with Crippen molar-refractivity contribution in [2.24, 2.45) is 11.3 Å². The zero-order valence-electron chi connectivity index (χ0n) is 8.65. The number of allylic oxidation sites excluding steroid dienone is 2. The monoisotopic (exact) mass is 200 g/mol. The summed E-state index contributed by atoms with van der Waals surface area (Å²) < 4.78 is 0. The van der Waals surface area contributed by atoms with Crippen LogP contribution in [0.2, 0.25) is 0 Å². The van der Waals surface area contributed by atoms with E-state index in [4.69, 9.17) is 10.2 Å². The second kappa shape index (κ2) is 4.79. The van der Waals surface area contributed by atoms with Gasteiger partial charge in [0.2, 0.25) is 0 Å². The molecule has 0 spiro atoms. The minimum Gasteiger partial charge on any atom is -0.481 e. The summed E-state index contributed by atoms with van der Waals surface area (Å²) in [6.45, 7) is 5.16. The number of carbonyl (C=O) groups is 2. The van der Waals surface area contributed by atoms with Crippen LogP contribution in [0.1, 0.15) is 27.2 Å². The van der Waals surface area contributed by atoms with Crippen molar-refractivity contribution in [1.29, 1.82) is 0 Å². The SMILES string of the molecule is CC=CC(C)(CC)C(C(=O)O)C(=O)O. The molecule has 0 aliphatic carbocycles. The van der Waals surface area contributed by atoms with Gasteiger partial charge in [0.05, 0.1) is 0 Å². The van der Waals surface area contributed by atoms with Crippen LogP contribution in [-0.2, 0) is 9.59 Å². The highest BCUT2D eigenvalue weighted by atomic mass is 16.4. The number of hydrogen-bond acceptors (Lipinski definition) is 2. The zero-order chi connectivity index (χ0) is 11.4. The second-order valence-corrected chi connectivity index (χ2v) is 3.47. The van der Waals surface area contributed by atoms with E-state index in [1.165, 1.54) is 0 Å². The molecule has 0 rings (SSSR count). The smallest absolute Gasteiger partial charge is 0.318 e. The highest BCUT2D eigenvalue weighted by molar-refractivity contribution is 5.94. The Kier molecular flexibility index (Phi) is 4.34. The summed E-state index contributed by atoms with van der Waals surface area (Å²) in [5.74, 6) is -3.97. The van der Waals surface area contributed by atoms with Gasteiger partial charge in [-0.15, -0.1) is 0 Å². The van der Waals surface area contributed by atoms with Crippen LogP contribution in [0.3, 0.4) is 0 Å². The van der Waals surface area contributed by atoms with E-state index in [1.807, 2.05) is 0 Å². The molecule has 14 heavy (non-hydrogen) atoms. The molecule has 0 radical (unpaired) electrons. The standard InChI is InChI=1S/C10H16O4/c1-4-6-10(3,5-2)7(8(11)12)9(13)14/h4,6-7H,5H2,1-3H3,(H,11,12)(H,13,14). The molecule has 0 heterocycles. The largest absolute Gasteiger partial charge is 0.481 e. The molecule has 2 N–H and O–H groups in total. The Bertz CT molecular complexity index is 243. The lowest BCUT2D eigenvalue weighted by Crippen LogP contribution is -2.37. The van der Waals surface area contributed by atoms with Gasteiger partial charge in [-0.2, -0.15) is 0 Å². The fourth-order valence-corrected chi connectivity index (χ4v) is 1.47. The molecule has 0 aromatic carbocycles. The highest BCUT2D eigenvalue weighted by Gasteiger charge is 2.41. The predicted octanol–water partition coefficient (Wildman–Crippen LogP) is 1.76. The maximum Gasteiger partial charge on any atom is 0.318 e. The first-order chi connectivity index (χ1) is 6.39. The minimum atomic E-state index is -1.39. The fourth-order valence-electron chi connectivity index (χ4n) is 1.47. The van der Waals surface area contributed by atoms with Gasteiger partial charge in [-0.1, -0.05) is 26.0 Å². The Morgan fingerprint density at radius 2 is 1.79 bits per heavy atom. The molecule has 0 bridgehead atoms. The van der Waals surface area contributed by atoms with Gasteiger partial charge < -0.3 is 10.2 Å². The lowest BCUT2D eigenvalue weighted by Gasteiger charge is -2.28. The highest BCUT2D eigenvalue weighted by Crippen LogP contribution is 2.33. The third-order valence-corrected chi connectivity index (χ3v) is 2.46. The van der Waals surface area contributed by atoms with Crippen molar-refractivity contribution >= 4 is 11.9 Å². The molecule has 0 aromatic heterocycles. The summed E-state index contributed by atoms with van der Waals surface area (Å²) in [7, 11) is 0. The van der Waals surface area contributed by atoms with Crippen LogP contribution >= 0.6 is 0 Å². The summed E-state index contributed by atoms with van der Waals surface area (Å²) in [4.78, 5) is 21.6. The fraction of sp³-hybridized carbons (Fsp3) is 0.600. The van der Waals surface area contributed by atoms with E-state index in [1.54, 1.807) is 32.9 Å². The molecule has 0 aromatic rings. The van der Waals surface area contributed by atoms with E-state index in [-0.39, 0.29) is 0 Å². The first kappa shape index (κ1) is 12.7. The Labute approximate surface area is 83.2 Å². The molecule has 0 fully saturated rings. The van der Waals surface area contributed by atoms with Crippen molar-refractivity contribution in [2.75, 3.05) is 0 Å². The molecular formula is C10H16O4. The third-order valence-electron chi connectivity index (χ3n) is 2.46. The Balaban J connectivity index is 5.13. The van der Waals surface area contributed by atoms with Crippen LogP contribution in [0.4, 0.5) is 0 Å². The topological polar surface area (TPSA) is 74.6 Å². The van der Waals surface area contributed by atoms with Crippen LogP contribution in [0.25, 0.3) is 0 Å². The summed E-state index contributed by atoms with van der Waals surface area (Å²) >= 11 is 0. The van der Waals surface area contributed by atoms with Crippen LogP contribution < -0.4 is 0 Å². The summed E-state index contributed by atoms with van der Waals surface area (Å²) in [6, 6.07) is 0. The van der Waals surface area contributed by atoms with Gasteiger partial charge in [0, 0.05) is 5.41 Å². The van der Waals surface area contributed by atoms with Crippen molar-refractivity contribution in [3.63, 3.8) is 0 Å². The van der Waals surface area contributed by atoms with Crippen molar-refractivity contribution < 1.29 is 19.8 Å². The van der Waals surface area contributed by atoms with Gasteiger partial charge in [-0.05, 0) is 13.3 Å². The number of aliphatic carboxylic acids is 2. The number of carboxylic acids is 2. The summed E-state index contributed by atoms with van der Waals surface area (Å²) in [6.07, 6.45) is 3.79.